The zero-order chi connectivity index (χ0) is 50.6. The van der Waals surface area contributed by atoms with Crippen molar-refractivity contribution in [3.8, 4) is 23.0 Å². The molecule has 0 atom stereocenters. The van der Waals surface area contributed by atoms with Crippen molar-refractivity contribution in [1.29, 1.82) is 0 Å². The van der Waals surface area contributed by atoms with E-state index in [2.05, 4.69) is 160 Å². The molecule has 370 valence electrons. The lowest BCUT2D eigenvalue weighted by Crippen LogP contribution is -2.10. The number of pyridine rings is 1. The smallest absolute Gasteiger partial charge is 0.120 e. The molecule has 0 aliphatic rings. The summed E-state index contributed by atoms with van der Waals surface area (Å²) in [5.41, 5.74) is 14.5. The Balaban J connectivity index is 0.952. The van der Waals surface area contributed by atoms with Crippen molar-refractivity contribution < 1.29 is 18.9 Å². The number of fused-ring (bicyclic) bond motifs is 4. The number of H-pyrrole nitrogens is 4. The van der Waals surface area contributed by atoms with Gasteiger partial charge in [-0.05, 0) is 129 Å². The fourth-order valence-corrected chi connectivity index (χ4v) is 10.5. The minimum Gasteiger partial charge on any atom is -0.489 e. The van der Waals surface area contributed by atoms with E-state index in [0.29, 0.717) is 26.4 Å². The molecule has 5 heterocycles. The van der Waals surface area contributed by atoms with Gasteiger partial charge in [-0.1, -0.05) is 127 Å². The predicted molar refractivity (Wildman–Crippen MR) is 302 cm³/mol. The van der Waals surface area contributed by atoms with Crippen LogP contribution in [0.3, 0.4) is 0 Å². The van der Waals surface area contributed by atoms with Crippen LogP contribution in [0, 0.1) is 0 Å². The van der Waals surface area contributed by atoms with Gasteiger partial charge in [0.2, 0.25) is 0 Å². The Morgan fingerprint density at radius 3 is 0.816 bits per heavy atom. The third-order valence-corrected chi connectivity index (χ3v) is 14.4. The molecule has 0 aliphatic carbocycles. The van der Waals surface area contributed by atoms with Crippen LogP contribution >= 0.6 is 0 Å². The lowest BCUT2D eigenvalue weighted by atomic mass is 9.85. The van der Waals surface area contributed by atoms with Gasteiger partial charge in [-0.3, -0.25) is 4.98 Å². The van der Waals surface area contributed by atoms with Gasteiger partial charge >= 0.3 is 0 Å². The Labute approximate surface area is 439 Å². The van der Waals surface area contributed by atoms with E-state index in [0.717, 1.165) is 123 Å². The molecule has 9 nitrogen and oxygen atoms in total. The highest BCUT2D eigenvalue weighted by Crippen LogP contribution is 2.44. The summed E-state index contributed by atoms with van der Waals surface area (Å²) in [4.78, 5) is 20.3. The maximum Gasteiger partial charge on any atom is 0.120 e. The van der Waals surface area contributed by atoms with E-state index in [1.54, 1.807) is 0 Å². The molecule has 8 aromatic carbocycles. The summed E-state index contributed by atoms with van der Waals surface area (Å²) in [5.74, 6) is 2.46. The van der Waals surface area contributed by atoms with Crippen LogP contribution in [0.5, 0.6) is 23.0 Å². The fourth-order valence-electron chi connectivity index (χ4n) is 10.5. The molecule has 0 radical (unpaired) electrons. The quantitative estimate of drug-likeness (QED) is 0.0684. The molecule has 0 saturated heterocycles. The molecule has 0 bridgehead atoms. The molecule has 9 heteroatoms. The molecule has 4 N–H and O–H groups in total. The van der Waals surface area contributed by atoms with Gasteiger partial charge in [-0.2, -0.15) is 0 Å². The number of rotatable bonds is 18. The first-order valence-electron chi connectivity index (χ1n) is 25.7. The second-order valence-electron chi connectivity index (χ2n) is 19.3. The molecule has 0 saturated carbocycles. The van der Waals surface area contributed by atoms with Crippen LogP contribution in [-0.2, 0) is 26.4 Å². The SMILES string of the molecule is c1ccc(COc2ccc3[nH]cc(C(c4cccc(C(c5c[nH]c6ccc(OCc7ccccc7)cc56)c5c[nH]c6ccc(OCc7ccccc7)cc56)n4)c4c[nH]c5ccc(OCc6ccccc6)cc45)c3c2)cc1. The number of benzene rings is 8. The van der Waals surface area contributed by atoms with Crippen LogP contribution in [0.1, 0.15) is 67.7 Å². The fraction of sp³-hybridized carbons (Fsp3) is 0.0896. The summed E-state index contributed by atoms with van der Waals surface area (Å²) in [6, 6.07) is 72.7. The van der Waals surface area contributed by atoms with Crippen LogP contribution < -0.4 is 18.9 Å². The number of nitrogens with zero attached hydrogens (tertiary/aromatic N) is 1. The van der Waals surface area contributed by atoms with Crippen molar-refractivity contribution >= 4 is 43.6 Å². The lowest BCUT2D eigenvalue weighted by Gasteiger charge is -2.21. The second-order valence-corrected chi connectivity index (χ2v) is 19.3. The summed E-state index contributed by atoms with van der Waals surface area (Å²) >= 11 is 0. The van der Waals surface area contributed by atoms with E-state index in [9.17, 15) is 0 Å². The molecule has 13 rings (SSSR count). The van der Waals surface area contributed by atoms with Crippen LogP contribution in [0.25, 0.3) is 43.6 Å². The highest BCUT2D eigenvalue weighted by atomic mass is 16.5. The number of nitrogens with one attached hydrogen (secondary N) is 4. The third-order valence-electron chi connectivity index (χ3n) is 14.4. The molecular weight excluding hydrogens is 939 g/mol. The molecule has 13 aromatic rings. The van der Waals surface area contributed by atoms with Gasteiger partial charge in [0.25, 0.3) is 0 Å². The summed E-state index contributed by atoms with van der Waals surface area (Å²) < 4.78 is 25.9. The molecule has 0 amide bonds. The monoisotopic (exact) mass is 991 g/mol. The van der Waals surface area contributed by atoms with E-state index >= 15 is 0 Å². The summed E-state index contributed by atoms with van der Waals surface area (Å²) in [6.07, 6.45) is 8.52. The number of hydrogen-bond acceptors (Lipinski definition) is 5. The predicted octanol–water partition coefficient (Wildman–Crippen LogP) is 15.7. The molecule has 0 spiro atoms. The zero-order valence-corrected chi connectivity index (χ0v) is 41.6. The van der Waals surface area contributed by atoms with Gasteiger partial charge in [-0.15, -0.1) is 0 Å². The van der Waals surface area contributed by atoms with Gasteiger partial charge in [0.1, 0.15) is 49.4 Å². The van der Waals surface area contributed by atoms with Crippen molar-refractivity contribution in [1.82, 2.24) is 24.9 Å². The van der Waals surface area contributed by atoms with Crippen molar-refractivity contribution in [3.05, 3.63) is 293 Å². The van der Waals surface area contributed by atoms with Crippen LogP contribution in [-0.4, -0.2) is 24.9 Å². The Kier molecular flexibility index (Phi) is 12.5. The molecule has 0 unspecified atom stereocenters. The highest BCUT2D eigenvalue weighted by molar-refractivity contribution is 5.92. The summed E-state index contributed by atoms with van der Waals surface area (Å²) in [6.45, 7) is 1.82. The van der Waals surface area contributed by atoms with Crippen LogP contribution in [0.2, 0.25) is 0 Å². The first-order chi connectivity index (χ1) is 37.6. The molecule has 0 fully saturated rings. The normalized spacial score (nSPS) is 11.6. The second kappa shape index (κ2) is 20.6. The van der Waals surface area contributed by atoms with Gasteiger partial charge in [0.05, 0.1) is 23.2 Å². The number of aromatic amines is 4. The minimum absolute atomic E-state index is 0.334. The Morgan fingerprint density at radius 1 is 0.289 bits per heavy atom. The zero-order valence-electron chi connectivity index (χ0n) is 41.6. The standard InChI is InChI=1S/C67H53N5O4/c1-5-14-44(15-6-1)40-73-48-24-28-60-52(32-48)56(36-68-60)66(57-37-69-61-29-25-49(33-53(57)61)74-41-45-16-7-2-8-17-45)64-22-13-23-65(72-64)67(58-38-70-62-30-26-50(34-54(58)62)75-42-46-18-9-3-10-19-46)59-39-71-63-31-27-51(35-55(59)63)76-43-47-20-11-4-12-21-47/h1-39,66-71H,40-43H2. The molecule has 76 heavy (non-hydrogen) atoms. The summed E-state index contributed by atoms with van der Waals surface area (Å²) in [7, 11) is 0. The molecule has 5 aromatic heterocycles. The van der Waals surface area contributed by atoms with E-state index in [-0.39, 0.29) is 11.8 Å². The number of ether oxygens (including phenoxy) is 4. The highest BCUT2D eigenvalue weighted by Gasteiger charge is 2.29. The number of aromatic nitrogens is 5. The average Bonchev–Trinajstić information content (AvgIpc) is 4.33. The van der Waals surface area contributed by atoms with Gasteiger partial charge in [0, 0.05) is 68.4 Å². The Morgan fingerprint density at radius 2 is 0.553 bits per heavy atom. The maximum absolute atomic E-state index is 6.47. The van der Waals surface area contributed by atoms with Crippen molar-refractivity contribution in [3.63, 3.8) is 0 Å². The average molecular weight is 992 g/mol. The van der Waals surface area contributed by atoms with Crippen molar-refractivity contribution in [2.45, 2.75) is 38.3 Å². The Bertz CT molecular complexity index is 3580. The van der Waals surface area contributed by atoms with Gasteiger partial charge in [-0.25, -0.2) is 0 Å². The Hall–Kier alpha value is -9.73. The van der Waals surface area contributed by atoms with Crippen molar-refractivity contribution in [2.75, 3.05) is 0 Å². The molecular formula is C67H53N5O4. The summed E-state index contributed by atoms with van der Waals surface area (Å²) in [5, 5.41) is 4.18. The van der Waals surface area contributed by atoms with Gasteiger partial charge in [0.15, 0.2) is 0 Å². The third kappa shape index (κ3) is 9.53. The largest absolute Gasteiger partial charge is 0.489 e. The van der Waals surface area contributed by atoms with E-state index in [1.165, 1.54) is 0 Å². The van der Waals surface area contributed by atoms with E-state index < -0.39 is 0 Å². The first kappa shape index (κ1) is 46.1. The maximum atomic E-state index is 6.47. The topological polar surface area (TPSA) is 113 Å². The van der Waals surface area contributed by atoms with E-state index in [4.69, 9.17) is 23.9 Å². The van der Waals surface area contributed by atoms with Gasteiger partial charge < -0.3 is 38.9 Å². The number of hydrogen-bond donors (Lipinski definition) is 4. The minimum atomic E-state index is -0.334. The van der Waals surface area contributed by atoms with Crippen LogP contribution in [0.4, 0.5) is 0 Å². The van der Waals surface area contributed by atoms with E-state index in [1.807, 2.05) is 97.1 Å². The van der Waals surface area contributed by atoms with Crippen LogP contribution in [0.15, 0.2) is 237 Å². The van der Waals surface area contributed by atoms with Crippen molar-refractivity contribution in [2.24, 2.45) is 0 Å². The lowest BCUT2D eigenvalue weighted by molar-refractivity contribution is 0.306. The first-order valence-corrected chi connectivity index (χ1v) is 25.7. The molecule has 0 aliphatic heterocycles.